The molecule has 0 radical (unpaired) electrons. The van der Waals surface area contributed by atoms with Crippen LogP contribution in [-0.4, -0.2) is 30.3 Å². The van der Waals surface area contributed by atoms with Crippen molar-refractivity contribution in [3.05, 3.63) is 76.0 Å². The summed E-state index contributed by atoms with van der Waals surface area (Å²) < 4.78 is 5.27. The maximum Gasteiger partial charge on any atom is 0.260 e. The van der Waals surface area contributed by atoms with E-state index in [4.69, 9.17) is 16.3 Å². The summed E-state index contributed by atoms with van der Waals surface area (Å²) in [6.07, 6.45) is 2.46. The zero-order chi connectivity index (χ0) is 22.2. The number of methoxy groups -OCH3 is 1. The van der Waals surface area contributed by atoms with Crippen LogP contribution in [0.2, 0.25) is 5.02 Å². The molecule has 0 bridgehead atoms. The molecule has 0 atom stereocenters. The van der Waals surface area contributed by atoms with Crippen molar-refractivity contribution in [3.8, 4) is 33.8 Å². The van der Waals surface area contributed by atoms with E-state index in [0.29, 0.717) is 27.2 Å². The third-order valence-electron chi connectivity index (χ3n) is 6.08. The zero-order valence-corrected chi connectivity index (χ0v) is 18.4. The van der Waals surface area contributed by atoms with Crippen LogP contribution in [0, 0.1) is 0 Å². The lowest BCUT2D eigenvalue weighted by Gasteiger charge is -2.18. The lowest BCUT2D eigenvalue weighted by Crippen LogP contribution is -2.17. The van der Waals surface area contributed by atoms with Crippen molar-refractivity contribution in [2.45, 2.75) is 12.8 Å². The molecule has 0 aliphatic carbocycles. The van der Waals surface area contributed by atoms with Crippen molar-refractivity contribution >= 4 is 28.2 Å². The second-order valence-corrected chi connectivity index (χ2v) is 8.44. The summed E-state index contributed by atoms with van der Waals surface area (Å²) in [6.45, 7) is 2.18. The van der Waals surface area contributed by atoms with E-state index < -0.39 is 0 Å². The molecule has 0 spiro atoms. The number of hydrogen-bond donors (Lipinski definition) is 2. The average Bonchev–Trinajstić information content (AvgIpc) is 3.34. The number of aromatic amines is 1. The first-order valence-corrected chi connectivity index (χ1v) is 11.0. The molecule has 4 aromatic rings. The van der Waals surface area contributed by atoms with E-state index in [0.717, 1.165) is 24.2 Å². The van der Waals surface area contributed by atoms with E-state index in [2.05, 4.69) is 22.0 Å². The Balaban J connectivity index is 1.62. The standard InChI is InChI=1S/C26H23ClN2O3/c1-32-19-6-4-5-17(13-19)24-25(30)21-14-20(22(27)15-23(21)28-26(24)31)16-7-9-18(10-8-16)29-11-2-3-12-29/h4-10,13-15H,2-3,11-12H2,1H3,(H2,28,30,31). The molecular weight excluding hydrogens is 424 g/mol. The van der Waals surface area contributed by atoms with E-state index in [1.807, 2.05) is 18.2 Å². The van der Waals surface area contributed by atoms with E-state index in [1.165, 1.54) is 18.5 Å². The summed E-state index contributed by atoms with van der Waals surface area (Å²) in [5, 5.41) is 12.1. The van der Waals surface area contributed by atoms with Crippen molar-refractivity contribution in [1.82, 2.24) is 4.98 Å². The number of fused-ring (bicyclic) bond motifs is 1. The normalized spacial score (nSPS) is 13.6. The summed E-state index contributed by atoms with van der Waals surface area (Å²) in [4.78, 5) is 18.0. The fraction of sp³-hybridized carbons (Fsp3) is 0.192. The Bertz CT molecular complexity index is 1360. The van der Waals surface area contributed by atoms with Crippen molar-refractivity contribution in [3.63, 3.8) is 0 Å². The minimum atomic E-state index is -0.387. The summed E-state index contributed by atoms with van der Waals surface area (Å²) in [5.41, 5.74) is 3.84. The maximum atomic E-state index is 12.8. The van der Waals surface area contributed by atoms with E-state index in [-0.39, 0.29) is 16.9 Å². The predicted molar refractivity (Wildman–Crippen MR) is 130 cm³/mol. The van der Waals surface area contributed by atoms with Crippen LogP contribution in [0.15, 0.2) is 65.5 Å². The van der Waals surface area contributed by atoms with Crippen LogP contribution >= 0.6 is 11.6 Å². The van der Waals surface area contributed by atoms with E-state index in [9.17, 15) is 9.90 Å². The minimum Gasteiger partial charge on any atom is -0.506 e. The number of H-pyrrole nitrogens is 1. The Kier molecular flexibility index (Phi) is 5.27. The SMILES string of the molecule is COc1cccc(-c2c(O)c3cc(-c4ccc(N5CCCC5)cc4)c(Cl)cc3[nH]c2=O)c1. The highest BCUT2D eigenvalue weighted by atomic mass is 35.5. The molecule has 162 valence electrons. The molecule has 1 aromatic heterocycles. The van der Waals surface area contributed by atoms with Gasteiger partial charge in [0, 0.05) is 29.7 Å². The Morgan fingerprint density at radius 2 is 1.75 bits per heavy atom. The molecule has 0 unspecified atom stereocenters. The Morgan fingerprint density at radius 1 is 1.00 bits per heavy atom. The molecule has 1 fully saturated rings. The van der Waals surface area contributed by atoms with Gasteiger partial charge in [0.15, 0.2) is 0 Å². The van der Waals surface area contributed by atoms with Crippen LogP contribution in [0.3, 0.4) is 0 Å². The smallest absolute Gasteiger partial charge is 0.260 e. The van der Waals surface area contributed by atoms with Gasteiger partial charge in [-0.05, 0) is 60.4 Å². The van der Waals surface area contributed by atoms with Gasteiger partial charge in [0.25, 0.3) is 5.56 Å². The number of halogens is 1. The summed E-state index contributed by atoms with van der Waals surface area (Å²) in [7, 11) is 1.56. The highest BCUT2D eigenvalue weighted by molar-refractivity contribution is 6.34. The van der Waals surface area contributed by atoms with Gasteiger partial charge in [-0.2, -0.15) is 0 Å². The summed E-state index contributed by atoms with van der Waals surface area (Å²) >= 11 is 6.58. The summed E-state index contributed by atoms with van der Waals surface area (Å²) in [6, 6.07) is 18.9. The second kappa shape index (κ2) is 8.24. The Morgan fingerprint density at radius 3 is 2.47 bits per heavy atom. The fourth-order valence-corrected chi connectivity index (χ4v) is 4.67. The number of aromatic nitrogens is 1. The van der Waals surface area contributed by atoms with Gasteiger partial charge in [0.1, 0.15) is 11.5 Å². The Hall–Kier alpha value is -3.44. The molecule has 2 heterocycles. The topological polar surface area (TPSA) is 65.6 Å². The zero-order valence-electron chi connectivity index (χ0n) is 17.7. The van der Waals surface area contributed by atoms with E-state index >= 15 is 0 Å². The summed E-state index contributed by atoms with van der Waals surface area (Å²) in [5.74, 6) is 0.528. The number of nitrogens with one attached hydrogen (secondary N) is 1. The van der Waals surface area contributed by atoms with Crippen LogP contribution in [-0.2, 0) is 0 Å². The van der Waals surface area contributed by atoms with Gasteiger partial charge < -0.3 is 19.7 Å². The first-order chi connectivity index (χ1) is 15.5. The monoisotopic (exact) mass is 446 g/mol. The van der Waals surface area contributed by atoms with E-state index in [1.54, 1.807) is 37.4 Å². The predicted octanol–water partition coefficient (Wildman–Crippen LogP) is 5.83. The largest absolute Gasteiger partial charge is 0.506 e. The van der Waals surface area contributed by atoms with Crippen molar-refractivity contribution in [2.75, 3.05) is 25.1 Å². The van der Waals surface area contributed by atoms with Gasteiger partial charge in [-0.3, -0.25) is 4.79 Å². The van der Waals surface area contributed by atoms with Gasteiger partial charge in [0.2, 0.25) is 0 Å². The molecule has 1 saturated heterocycles. The lowest BCUT2D eigenvalue weighted by molar-refractivity contribution is 0.415. The maximum absolute atomic E-state index is 12.8. The van der Waals surface area contributed by atoms with Gasteiger partial charge in [-0.15, -0.1) is 0 Å². The highest BCUT2D eigenvalue weighted by Crippen LogP contribution is 2.39. The molecule has 0 amide bonds. The average molecular weight is 447 g/mol. The van der Waals surface area contributed by atoms with Gasteiger partial charge >= 0.3 is 0 Å². The molecule has 1 aliphatic heterocycles. The molecular formula is C26H23ClN2O3. The van der Waals surface area contributed by atoms with Gasteiger partial charge in [0.05, 0.1) is 23.2 Å². The number of nitrogens with zero attached hydrogens (tertiary/aromatic N) is 1. The third-order valence-corrected chi connectivity index (χ3v) is 6.40. The number of anilines is 1. The lowest BCUT2D eigenvalue weighted by atomic mass is 9.99. The molecule has 1 aliphatic rings. The molecule has 0 saturated carbocycles. The number of pyridine rings is 1. The molecule has 6 heteroatoms. The van der Waals surface area contributed by atoms with Gasteiger partial charge in [-0.1, -0.05) is 35.9 Å². The minimum absolute atomic E-state index is 0.0800. The van der Waals surface area contributed by atoms with Crippen LogP contribution < -0.4 is 15.2 Å². The van der Waals surface area contributed by atoms with Crippen LogP contribution in [0.5, 0.6) is 11.5 Å². The van der Waals surface area contributed by atoms with Crippen molar-refractivity contribution < 1.29 is 9.84 Å². The molecule has 32 heavy (non-hydrogen) atoms. The number of ether oxygens (including phenoxy) is 1. The van der Waals surface area contributed by atoms with Crippen LogP contribution in [0.1, 0.15) is 12.8 Å². The van der Waals surface area contributed by atoms with Gasteiger partial charge in [-0.25, -0.2) is 0 Å². The number of rotatable bonds is 4. The molecule has 5 rings (SSSR count). The van der Waals surface area contributed by atoms with Crippen LogP contribution in [0.25, 0.3) is 33.2 Å². The first kappa shape index (κ1) is 20.5. The van der Waals surface area contributed by atoms with Crippen molar-refractivity contribution in [2.24, 2.45) is 0 Å². The van der Waals surface area contributed by atoms with Crippen molar-refractivity contribution in [1.29, 1.82) is 0 Å². The highest BCUT2D eigenvalue weighted by Gasteiger charge is 2.17. The third kappa shape index (κ3) is 3.59. The quantitative estimate of drug-likeness (QED) is 0.414. The number of aromatic hydroxyl groups is 1. The molecule has 2 N–H and O–H groups in total. The fourth-order valence-electron chi connectivity index (χ4n) is 4.39. The Labute approximate surface area is 190 Å². The number of hydrogen-bond acceptors (Lipinski definition) is 4. The first-order valence-electron chi connectivity index (χ1n) is 10.6. The number of benzene rings is 3. The molecule has 5 nitrogen and oxygen atoms in total. The van der Waals surface area contributed by atoms with Crippen LogP contribution in [0.4, 0.5) is 5.69 Å². The molecule has 3 aromatic carbocycles. The second-order valence-electron chi connectivity index (χ2n) is 8.03.